The molecule has 4 aliphatic heterocycles. The SMILES string of the molecule is C=C1C=CSC1C1=N[C@@H](c2ccc(F)cc2Cl)C(C2=NC(CCC(C)F)C=C2)=C2C[C@H](NCCC3CC[C@H](O)C3)CN12. The molecule has 5 aliphatic rings. The fourth-order valence-corrected chi connectivity index (χ4v) is 8.07. The van der Waals surface area contributed by atoms with Crippen LogP contribution in [0, 0.1) is 11.7 Å². The van der Waals surface area contributed by atoms with Crippen LogP contribution < -0.4 is 5.32 Å². The van der Waals surface area contributed by atoms with Gasteiger partial charge in [0.25, 0.3) is 0 Å². The number of aliphatic hydroxyl groups is 1. The number of amidine groups is 1. The number of rotatable bonds is 10. The summed E-state index contributed by atoms with van der Waals surface area (Å²) in [6, 6.07) is 4.21. The quantitative estimate of drug-likeness (QED) is 0.296. The summed E-state index contributed by atoms with van der Waals surface area (Å²) in [4.78, 5) is 12.7. The third-order valence-corrected chi connectivity index (χ3v) is 10.4. The molecule has 4 heterocycles. The van der Waals surface area contributed by atoms with E-state index in [-0.39, 0.29) is 29.3 Å². The number of allylic oxidation sites excluding steroid dienone is 2. The van der Waals surface area contributed by atoms with Gasteiger partial charge in [-0.2, -0.15) is 0 Å². The molecule has 0 spiro atoms. The van der Waals surface area contributed by atoms with E-state index in [2.05, 4.69) is 28.3 Å². The molecule has 0 aromatic heterocycles. The van der Waals surface area contributed by atoms with Gasteiger partial charge in [-0.1, -0.05) is 36.4 Å². The van der Waals surface area contributed by atoms with Crippen molar-refractivity contribution < 1.29 is 13.9 Å². The Morgan fingerprint density at radius 1 is 1.24 bits per heavy atom. The highest BCUT2D eigenvalue weighted by Crippen LogP contribution is 2.45. The van der Waals surface area contributed by atoms with Gasteiger partial charge < -0.3 is 15.3 Å². The summed E-state index contributed by atoms with van der Waals surface area (Å²) in [6.45, 7) is 7.56. The van der Waals surface area contributed by atoms with Crippen LogP contribution in [0.1, 0.15) is 63.5 Å². The highest BCUT2D eigenvalue weighted by molar-refractivity contribution is 8.03. The van der Waals surface area contributed by atoms with Crippen LogP contribution in [-0.4, -0.2) is 64.3 Å². The van der Waals surface area contributed by atoms with Crippen molar-refractivity contribution in [1.82, 2.24) is 10.2 Å². The van der Waals surface area contributed by atoms with Gasteiger partial charge in [0.2, 0.25) is 0 Å². The summed E-state index contributed by atoms with van der Waals surface area (Å²) in [6.07, 6.45) is 11.0. The fraction of sp³-hybridized carbons (Fsp3) is 0.515. The first-order valence-corrected chi connectivity index (χ1v) is 16.4. The molecule has 5 nitrogen and oxygen atoms in total. The molecule has 9 heteroatoms. The number of aliphatic imine (C=N–C) groups is 2. The molecule has 42 heavy (non-hydrogen) atoms. The number of thioether (sulfide) groups is 1. The van der Waals surface area contributed by atoms with Gasteiger partial charge in [0.15, 0.2) is 0 Å². The maximum Gasteiger partial charge on any atom is 0.124 e. The molecule has 0 amide bonds. The van der Waals surface area contributed by atoms with Gasteiger partial charge >= 0.3 is 0 Å². The lowest BCUT2D eigenvalue weighted by atomic mass is 9.90. The normalized spacial score (nSPS) is 31.3. The Labute approximate surface area is 256 Å². The van der Waals surface area contributed by atoms with Crippen LogP contribution >= 0.6 is 23.4 Å². The first kappa shape index (κ1) is 29.8. The molecule has 1 aliphatic carbocycles. The van der Waals surface area contributed by atoms with Crippen molar-refractivity contribution in [1.29, 1.82) is 0 Å². The van der Waals surface area contributed by atoms with Crippen LogP contribution in [-0.2, 0) is 0 Å². The van der Waals surface area contributed by atoms with Gasteiger partial charge in [-0.25, -0.2) is 8.78 Å². The summed E-state index contributed by atoms with van der Waals surface area (Å²) in [5.41, 5.74) is 4.73. The topological polar surface area (TPSA) is 60.2 Å². The van der Waals surface area contributed by atoms with Crippen LogP contribution in [0.4, 0.5) is 8.78 Å². The third kappa shape index (κ3) is 6.33. The molecule has 4 unspecified atom stereocenters. The molecule has 0 radical (unpaired) electrons. The van der Waals surface area contributed by atoms with Gasteiger partial charge in [-0.15, -0.1) is 11.8 Å². The van der Waals surface area contributed by atoms with Gasteiger partial charge in [0, 0.05) is 40.9 Å². The van der Waals surface area contributed by atoms with Crippen LogP contribution in [0.2, 0.25) is 5.02 Å². The largest absolute Gasteiger partial charge is 0.393 e. The minimum absolute atomic E-state index is 0.0122. The molecule has 2 fully saturated rings. The third-order valence-electron chi connectivity index (χ3n) is 9.03. The van der Waals surface area contributed by atoms with Crippen molar-refractivity contribution in [3.8, 4) is 0 Å². The summed E-state index contributed by atoms with van der Waals surface area (Å²) < 4.78 is 27.8. The minimum Gasteiger partial charge on any atom is -0.393 e. The van der Waals surface area contributed by atoms with E-state index in [0.29, 0.717) is 23.8 Å². The van der Waals surface area contributed by atoms with Crippen LogP contribution in [0.3, 0.4) is 0 Å². The Bertz CT molecular complexity index is 1370. The van der Waals surface area contributed by atoms with Crippen molar-refractivity contribution in [2.75, 3.05) is 13.1 Å². The molecule has 1 saturated heterocycles. The number of nitrogens with zero attached hydrogens (tertiary/aromatic N) is 3. The zero-order chi connectivity index (χ0) is 29.4. The zero-order valence-corrected chi connectivity index (χ0v) is 25.6. The Morgan fingerprint density at radius 2 is 2.10 bits per heavy atom. The van der Waals surface area contributed by atoms with Crippen molar-refractivity contribution in [2.24, 2.45) is 15.9 Å². The molecule has 1 aromatic rings. The van der Waals surface area contributed by atoms with E-state index in [1.165, 1.54) is 12.1 Å². The molecular formula is C33H39ClF2N4OS. The molecule has 1 saturated carbocycles. The molecule has 6 rings (SSSR count). The van der Waals surface area contributed by atoms with Crippen LogP contribution in [0.15, 0.2) is 75.2 Å². The van der Waals surface area contributed by atoms with Crippen molar-refractivity contribution in [2.45, 2.75) is 87.5 Å². The Hall–Kier alpha value is -2.26. The van der Waals surface area contributed by atoms with Crippen molar-refractivity contribution in [3.63, 3.8) is 0 Å². The number of benzene rings is 1. The van der Waals surface area contributed by atoms with Crippen molar-refractivity contribution in [3.05, 3.63) is 81.7 Å². The average Bonchev–Trinajstić information content (AvgIpc) is 3.75. The molecule has 7 atom stereocenters. The number of nitrogens with one attached hydrogen (secondary N) is 1. The molecular weight excluding hydrogens is 574 g/mol. The molecule has 1 aromatic carbocycles. The smallest absolute Gasteiger partial charge is 0.124 e. The Balaban J connectivity index is 1.35. The van der Waals surface area contributed by atoms with Gasteiger partial charge in [0.05, 0.1) is 29.3 Å². The van der Waals surface area contributed by atoms with E-state index < -0.39 is 12.2 Å². The van der Waals surface area contributed by atoms with Gasteiger partial charge in [-0.3, -0.25) is 9.98 Å². The van der Waals surface area contributed by atoms with E-state index in [1.807, 2.05) is 12.2 Å². The van der Waals surface area contributed by atoms with E-state index in [0.717, 1.165) is 79.1 Å². The molecule has 2 N–H and O–H groups in total. The maximum absolute atomic E-state index is 14.2. The van der Waals surface area contributed by atoms with E-state index in [4.69, 9.17) is 21.6 Å². The zero-order valence-electron chi connectivity index (χ0n) is 24.0. The maximum atomic E-state index is 14.2. The average molecular weight is 613 g/mol. The minimum atomic E-state index is -0.873. The van der Waals surface area contributed by atoms with Gasteiger partial charge in [-0.05, 0) is 87.1 Å². The second-order valence-electron chi connectivity index (χ2n) is 12.2. The Morgan fingerprint density at radius 3 is 2.81 bits per heavy atom. The highest BCUT2D eigenvalue weighted by atomic mass is 35.5. The first-order chi connectivity index (χ1) is 20.3. The number of hydrogen-bond acceptors (Lipinski definition) is 6. The monoisotopic (exact) mass is 612 g/mol. The fourth-order valence-electron chi connectivity index (χ4n) is 6.83. The summed E-state index contributed by atoms with van der Waals surface area (Å²) in [5.74, 6) is 1.12. The summed E-state index contributed by atoms with van der Waals surface area (Å²) >= 11 is 8.38. The lowest BCUT2D eigenvalue weighted by Crippen LogP contribution is -2.42. The first-order valence-electron chi connectivity index (χ1n) is 15.1. The standard InChI is InChI=1S/C33H39ClF2N4OS/c1-19-12-14-42-32(19)33-39-31(26-9-5-22(36)16-27(26)34)30(28-10-7-23(38-28)6-3-20(2)35)29-17-24(18-40(29)33)37-13-11-21-4-8-25(41)15-21/h5,7,9-10,12,14,16,20-21,23-25,31-32,37,41H,1,3-4,6,8,11,13,15,17-18H2,2H3/t20?,21?,23?,24-,25-,31-,32?/m0/s1. The second-order valence-corrected chi connectivity index (χ2v) is 13.6. The van der Waals surface area contributed by atoms with Gasteiger partial charge in [0.1, 0.15) is 17.7 Å². The van der Waals surface area contributed by atoms with Crippen LogP contribution in [0.5, 0.6) is 0 Å². The van der Waals surface area contributed by atoms with E-state index in [9.17, 15) is 13.9 Å². The van der Waals surface area contributed by atoms with Crippen LogP contribution in [0.25, 0.3) is 0 Å². The number of hydrogen-bond donors (Lipinski definition) is 2. The molecule has 224 valence electrons. The predicted molar refractivity (Wildman–Crippen MR) is 170 cm³/mol. The highest BCUT2D eigenvalue weighted by Gasteiger charge is 2.43. The number of alkyl halides is 1. The number of fused-ring (bicyclic) bond motifs is 1. The summed E-state index contributed by atoms with van der Waals surface area (Å²) in [7, 11) is 0. The van der Waals surface area contributed by atoms with E-state index in [1.54, 1.807) is 24.8 Å². The predicted octanol–water partition coefficient (Wildman–Crippen LogP) is 7.10. The van der Waals surface area contributed by atoms with Crippen molar-refractivity contribution >= 4 is 34.9 Å². The lowest BCUT2D eigenvalue weighted by molar-refractivity contribution is 0.176. The Kier molecular flexibility index (Phi) is 9.06. The van der Waals surface area contributed by atoms with E-state index >= 15 is 0 Å². The lowest BCUT2D eigenvalue weighted by Gasteiger charge is -2.36. The molecule has 0 bridgehead atoms. The second kappa shape index (κ2) is 12.8. The number of halogens is 3. The summed E-state index contributed by atoms with van der Waals surface area (Å²) in [5, 5.41) is 16.1. The number of aliphatic hydroxyl groups excluding tert-OH is 1.